The van der Waals surface area contributed by atoms with Crippen molar-refractivity contribution >= 4 is 11.3 Å². The van der Waals surface area contributed by atoms with E-state index in [9.17, 15) is 0 Å². The second-order valence-electron chi connectivity index (χ2n) is 5.23. The molecule has 0 aliphatic carbocycles. The highest BCUT2D eigenvalue weighted by molar-refractivity contribution is 7.08. The maximum atomic E-state index is 5.36. The monoisotopic (exact) mass is 317 g/mol. The number of aromatic nitrogens is 5. The summed E-state index contributed by atoms with van der Waals surface area (Å²) in [6, 6.07) is 1.97. The molecule has 0 aromatic carbocycles. The van der Waals surface area contributed by atoms with Crippen LogP contribution in [0, 0.1) is 0 Å². The van der Waals surface area contributed by atoms with Crippen LogP contribution in [0.4, 0.5) is 0 Å². The molecule has 0 radical (unpaired) electrons. The van der Waals surface area contributed by atoms with E-state index in [2.05, 4.69) is 25.3 Å². The lowest BCUT2D eigenvalue weighted by molar-refractivity contribution is 0.0836. The molecule has 22 heavy (non-hydrogen) atoms. The number of thiophene rings is 1. The van der Waals surface area contributed by atoms with Gasteiger partial charge in [-0.15, -0.1) is 0 Å². The van der Waals surface area contributed by atoms with E-state index < -0.39 is 0 Å². The molecule has 4 heterocycles. The van der Waals surface area contributed by atoms with Crippen LogP contribution in [-0.4, -0.2) is 38.5 Å². The van der Waals surface area contributed by atoms with Gasteiger partial charge >= 0.3 is 0 Å². The quantitative estimate of drug-likeness (QED) is 0.794. The molecule has 4 rings (SSSR count). The second-order valence-corrected chi connectivity index (χ2v) is 6.01. The van der Waals surface area contributed by atoms with Crippen LogP contribution in [0.5, 0.6) is 0 Å². The smallest absolute Gasteiger partial charge is 0.234 e. The molecule has 1 aliphatic rings. The third kappa shape index (κ3) is 2.79. The Bertz CT molecular complexity index is 730. The standard InChI is InChI=1S/C14H15N5O2S/c1-4-20-5-2-9(1)13-15-11(17-18-13)7-12-16-14(19-21-12)10-3-6-22-8-10/h3,6,8-9H,1-2,4-5,7H2,(H,15,17,18). The average molecular weight is 317 g/mol. The van der Waals surface area contributed by atoms with E-state index in [1.54, 1.807) is 11.3 Å². The van der Waals surface area contributed by atoms with Crippen LogP contribution in [0.1, 0.15) is 36.3 Å². The molecule has 0 atom stereocenters. The first-order chi connectivity index (χ1) is 10.9. The van der Waals surface area contributed by atoms with Gasteiger partial charge in [-0.3, -0.25) is 5.10 Å². The number of ether oxygens (including phenoxy) is 1. The lowest BCUT2D eigenvalue weighted by Gasteiger charge is -2.18. The van der Waals surface area contributed by atoms with E-state index in [0.29, 0.717) is 24.1 Å². The summed E-state index contributed by atoms with van der Waals surface area (Å²) in [5, 5.41) is 15.3. The van der Waals surface area contributed by atoms with Gasteiger partial charge < -0.3 is 9.26 Å². The van der Waals surface area contributed by atoms with Crippen molar-refractivity contribution in [3.63, 3.8) is 0 Å². The molecule has 3 aromatic rings. The summed E-state index contributed by atoms with van der Waals surface area (Å²) in [5.41, 5.74) is 0.973. The predicted octanol–water partition coefficient (Wildman–Crippen LogP) is 2.40. The van der Waals surface area contributed by atoms with Gasteiger partial charge in [-0.2, -0.15) is 21.4 Å². The molecule has 7 nitrogen and oxygen atoms in total. The molecule has 1 fully saturated rings. The van der Waals surface area contributed by atoms with Gasteiger partial charge in [0.1, 0.15) is 5.82 Å². The van der Waals surface area contributed by atoms with E-state index >= 15 is 0 Å². The summed E-state index contributed by atoms with van der Waals surface area (Å²) in [6.45, 7) is 1.56. The fourth-order valence-corrected chi connectivity index (χ4v) is 3.14. The number of aromatic amines is 1. The largest absolute Gasteiger partial charge is 0.381 e. The highest BCUT2D eigenvalue weighted by Crippen LogP contribution is 2.24. The molecule has 1 N–H and O–H groups in total. The van der Waals surface area contributed by atoms with Gasteiger partial charge in [-0.05, 0) is 24.3 Å². The number of rotatable bonds is 4. The Balaban J connectivity index is 1.46. The van der Waals surface area contributed by atoms with E-state index in [1.807, 2.05) is 16.8 Å². The van der Waals surface area contributed by atoms with E-state index in [1.165, 1.54) is 0 Å². The summed E-state index contributed by atoms with van der Waals surface area (Å²) in [6.07, 6.45) is 2.41. The maximum Gasteiger partial charge on any atom is 0.234 e. The zero-order valence-electron chi connectivity index (χ0n) is 11.9. The summed E-state index contributed by atoms with van der Waals surface area (Å²) >= 11 is 1.61. The molecule has 3 aromatic heterocycles. The van der Waals surface area contributed by atoms with Crippen molar-refractivity contribution < 1.29 is 9.26 Å². The van der Waals surface area contributed by atoms with Crippen molar-refractivity contribution in [3.8, 4) is 11.4 Å². The number of hydrogen-bond acceptors (Lipinski definition) is 7. The Morgan fingerprint density at radius 1 is 1.27 bits per heavy atom. The number of H-pyrrole nitrogens is 1. The molecular weight excluding hydrogens is 302 g/mol. The molecule has 1 saturated heterocycles. The predicted molar refractivity (Wildman–Crippen MR) is 79.6 cm³/mol. The number of hydrogen-bond donors (Lipinski definition) is 1. The highest BCUT2D eigenvalue weighted by atomic mass is 32.1. The minimum atomic E-state index is 0.378. The van der Waals surface area contributed by atoms with Crippen LogP contribution < -0.4 is 0 Å². The summed E-state index contributed by atoms with van der Waals surface area (Å²) in [7, 11) is 0. The second kappa shape index (κ2) is 5.98. The van der Waals surface area contributed by atoms with E-state index in [-0.39, 0.29) is 0 Å². The van der Waals surface area contributed by atoms with Crippen LogP contribution in [0.2, 0.25) is 0 Å². The van der Waals surface area contributed by atoms with Crippen molar-refractivity contribution in [3.05, 3.63) is 34.4 Å². The highest BCUT2D eigenvalue weighted by Gasteiger charge is 2.20. The first kappa shape index (κ1) is 13.6. The minimum Gasteiger partial charge on any atom is -0.381 e. The molecule has 0 saturated carbocycles. The molecule has 0 unspecified atom stereocenters. The average Bonchev–Trinajstić information content (AvgIpc) is 3.30. The minimum absolute atomic E-state index is 0.378. The molecule has 0 spiro atoms. The van der Waals surface area contributed by atoms with E-state index in [4.69, 9.17) is 9.26 Å². The molecule has 114 valence electrons. The normalized spacial score (nSPS) is 16.2. The Hall–Kier alpha value is -2.06. The number of nitrogens with zero attached hydrogens (tertiary/aromatic N) is 4. The lowest BCUT2D eigenvalue weighted by atomic mass is 10.00. The fourth-order valence-electron chi connectivity index (χ4n) is 2.51. The summed E-state index contributed by atoms with van der Waals surface area (Å²) < 4.78 is 10.6. The van der Waals surface area contributed by atoms with Gasteiger partial charge in [0.25, 0.3) is 0 Å². The Morgan fingerprint density at radius 2 is 2.18 bits per heavy atom. The topological polar surface area (TPSA) is 89.7 Å². The zero-order chi connectivity index (χ0) is 14.8. The van der Waals surface area contributed by atoms with Crippen molar-refractivity contribution in [2.45, 2.75) is 25.2 Å². The Kier molecular flexibility index (Phi) is 3.69. The van der Waals surface area contributed by atoms with Gasteiger partial charge in [0.2, 0.25) is 11.7 Å². The van der Waals surface area contributed by atoms with Gasteiger partial charge in [0.15, 0.2) is 5.82 Å². The Morgan fingerprint density at radius 3 is 3.00 bits per heavy atom. The molecule has 0 amide bonds. The fraction of sp³-hybridized carbons (Fsp3) is 0.429. The lowest BCUT2D eigenvalue weighted by Crippen LogP contribution is -2.15. The number of nitrogens with one attached hydrogen (secondary N) is 1. The SMILES string of the molecule is c1cc(-c2noc(Cc3nc(C4CCOCC4)n[nH]3)n2)cs1. The first-order valence-electron chi connectivity index (χ1n) is 7.22. The van der Waals surface area contributed by atoms with E-state index in [0.717, 1.165) is 43.3 Å². The van der Waals surface area contributed by atoms with Gasteiger partial charge in [0, 0.05) is 30.1 Å². The Labute approximate surface area is 130 Å². The first-order valence-corrected chi connectivity index (χ1v) is 8.17. The van der Waals surface area contributed by atoms with Crippen LogP contribution in [0.15, 0.2) is 21.3 Å². The van der Waals surface area contributed by atoms with Crippen LogP contribution >= 0.6 is 11.3 Å². The maximum absolute atomic E-state index is 5.36. The summed E-state index contributed by atoms with van der Waals surface area (Å²) in [4.78, 5) is 8.94. The molecule has 1 aliphatic heterocycles. The van der Waals surface area contributed by atoms with Crippen molar-refractivity contribution in [2.24, 2.45) is 0 Å². The van der Waals surface area contributed by atoms with Crippen LogP contribution in [0.25, 0.3) is 11.4 Å². The third-order valence-corrected chi connectivity index (χ3v) is 4.38. The van der Waals surface area contributed by atoms with Gasteiger partial charge in [0.05, 0.1) is 6.42 Å². The van der Waals surface area contributed by atoms with Crippen molar-refractivity contribution in [2.75, 3.05) is 13.2 Å². The van der Waals surface area contributed by atoms with Crippen LogP contribution in [-0.2, 0) is 11.2 Å². The molecule has 0 bridgehead atoms. The van der Waals surface area contributed by atoms with Crippen molar-refractivity contribution in [1.82, 2.24) is 25.3 Å². The molecular formula is C14H15N5O2S. The van der Waals surface area contributed by atoms with Crippen LogP contribution in [0.3, 0.4) is 0 Å². The van der Waals surface area contributed by atoms with Gasteiger partial charge in [-0.25, -0.2) is 4.98 Å². The zero-order valence-corrected chi connectivity index (χ0v) is 12.7. The third-order valence-electron chi connectivity index (χ3n) is 3.70. The van der Waals surface area contributed by atoms with Crippen molar-refractivity contribution in [1.29, 1.82) is 0 Å². The van der Waals surface area contributed by atoms with Gasteiger partial charge in [-0.1, -0.05) is 5.16 Å². The summed E-state index contributed by atoms with van der Waals surface area (Å²) in [5.74, 6) is 3.14. The molecule has 8 heteroatoms.